The van der Waals surface area contributed by atoms with Crippen molar-refractivity contribution in [1.82, 2.24) is 9.97 Å². The smallest absolute Gasteiger partial charge is 0.160 e. The maximum absolute atomic E-state index is 5.32. The van der Waals surface area contributed by atoms with Gasteiger partial charge in [0.25, 0.3) is 0 Å². The Kier molecular flexibility index (Phi) is 2.82. The number of hydrogen-bond acceptors (Lipinski definition) is 5. The second kappa shape index (κ2) is 4.62. The summed E-state index contributed by atoms with van der Waals surface area (Å²) in [6.45, 7) is 0. The number of aromatic nitrogens is 2. The van der Waals surface area contributed by atoms with Crippen molar-refractivity contribution >= 4 is 11.6 Å². The molecule has 1 aliphatic carbocycles. The van der Waals surface area contributed by atoms with Gasteiger partial charge in [0.15, 0.2) is 5.82 Å². The molecule has 0 amide bonds. The highest BCUT2D eigenvalue weighted by atomic mass is 15.3. The molecule has 1 heterocycles. The lowest BCUT2D eigenvalue weighted by Gasteiger charge is -2.12. The van der Waals surface area contributed by atoms with Crippen LogP contribution in [-0.4, -0.2) is 16.0 Å². The van der Waals surface area contributed by atoms with Crippen LogP contribution in [0, 0.1) is 0 Å². The van der Waals surface area contributed by atoms with Crippen molar-refractivity contribution < 1.29 is 0 Å². The minimum atomic E-state index is 0.379. The van der Waals surface area contributed by atoms with Gasteiger partial charge in [-0.15, -0.1) is 0 Å². The van der Waals surface area contributed by atoms with E-state index in [0.717, 1.165) is 18.7 Å². The van der Waals surface area contributed by atoms with Gasteiger partial charge < -0.3 is 10.7 Å². The monoisotopic (exact) mass is 241 g/mol. The number of rotatable bonds is 3. The van der Waals surface area contributed by atoms with Gasteiger partial charge in [-0.25, -0.2) is 10.8 Å². The maximum Gasteiger partial charge on any atom is 0.160 e. The van der Waals surface area contributed by atoms with E-state index in [1.165, 1.54) is 11.1 Å². The summed E-state index contributed by atoms with van der Waals surface area (Å²) in [6.07, 6.45) is 5.36. The average Bonchev–Trinajstić information content (AvgIpc) is 2.81. The molecular formula is C13H15N5. The SMILES string of the molecule is NNc1cncc(NC2Cc3ccccc3C2)n1. The van der Waals surface area contributed by atoms with Gasteiger partial charge in [-0.1, -0.05) is 24.3 Å². The first-order valence-electron chi connectivity index (χ1n) is 5.97. The van der Waals surface area contributed by atoms with Crippen molar-refractivity contribution in [2.45, 2.75) is 18.9 Å². The molecule has 5 nitrogen and oxygen atoms in total. The summed E-state index contributed by atoms with van der Waals surface area (Å²) in [4.78, 5) is 8.39. The molecule has 0 spiro atoms. The molecule has 1 aliphatic rings. The van der Waals surface area contributed by atoms with Gasteiger partial charge >= 0.3 is 0 Å². The first-order chi connectivity index (χ1) is 8.85. The summed E-state index contributed by atoms with van der Waals surface area (Å²) in [5, 5.41) is 3.39. The van der Waals surface area contributed by atoms with Crippen molar-refractivity contribution in [2.75, 3.05) is 10.7 Å². The summed E-state index contributed by atoms with van der Waals surface area (Å²) in [5.41, 5.74) is 5.32. The van der Waals surface area contributed by atoms with E-state index in [0.29, 0.717) is 11.9 Å². The Morgan fingerprint density at radius 3 is 2.39 bits per heavy atom. The molecule has 1 aromatic heterocycles. The normalized spacial score (nSPS) is 14.3. The van der Waals surface area contributed by atoms with Crippen LogP contribution in [0.4, 0.5) is 11.6 Å². The third-order valence-corrected chi connectivity index (χ3v) is 3.19. The van der Waals surface area contributed by atoms with Crippen LogP contribution in [0.1, 0.15) is 11.1 Å². The fourth-order valence-electron chi connectivity index (χ4n) is 2.38. The fraction of sp³-hybridized carbons (Fsp3) is 0.231. The van der Waals surface area contributed by atoms with Gasteiger partial charge in [-0.05, 0) is 24.0 Å². The van der Waals surface area contributed by atoms with Crippen LogP contribution in [0.5, 0.6) is 0 Å². The zero-order valence-electron chi connectivity index (χ0n) is 9.93. The Morgan fingerprint density at radius 1 is 1.06 bits per heavy atom. The van der Waals surface area contributed by atoms with Crippen LogP contribution in [0.15, 0.2) is 36.7 Å². The molecule has 3 rings (SSSR count). The number of nitrogens with one attached hydrogen (secondary N) is 2. The third kappa shape index (κ3) is 2.12. The van der Waals surface area contributed by atoms with Crippen molar-refractivity contribution in [3.63, 3.8) is 0 Å². The maximum atomic E-state index is 5.32. The Labute approximate surface area is 105 Å². The Balaban J connectivity index is 1.72. The van der Waals surface area contributed by atoms with E-state index < -0.39 is 0 Å². The average molecular weight is 241 g/mol. The van der Waals surface area contributed by atoms with E-state index in [1.54, 1.807) is 12.4 Å². The molecule has 18 heavy (non-hydrogen) atoms. The first kappa shape index (κ1) is 11.0. The van der Waals surface area contributed by atoms with Crippen LogP contribution < -0.4 is 16.6 Å². The van der Waals surface area contributed by atoms with E-state index in [1.807, 2.05) is 0 Å². The number of hydrazine groups is 1. The minimum Gasteiger partial charge on any atom is -0.365 e. The van der Waals surface area contributed by atoms with Crippen LogP contribution in [0.2, 0.25) is 0 Å². The van der Waals surface area contributed by atoms with Gasteiger partial charge in [-0.2, -0.15) is 0 Å². The number of nitrogen functional groups attached to an aromatic ring is 1. The Morgan fingerprint density at radius 2 is 1.72 bits per heavy atom. The Hall–Kier alpha value is -2.14. The lowest BCUT2D eigenvalue weighted by Crippen LogP contribution is -2.21. The van der Waals surface area contributed by atoms with E-state index >= 15 is 0 Å². The van der Waals surface area contributed by atoms with Crippen LogP contribution in [0.3, 0.4) is 0 Å². The van der Waals surface area contributed by atoms with Crippen LogP contribution >= 0.6 is 0 Å². The van der Waals surface area contributed by atoms with Gasteiger partial charge in [0.05, 0.1) is 12.4 Å². The number of fused-ring (bicyclic) bond motifs is 1. The largest absolute Gasteiger partial charge is 0.365 e. The van der Waals surface area contributed by atoms with E-state index in [4.69, 9.17) is 5.84 Å². The highest BCUT2D eigenvalue weighted by Crippen LogP contribution is 2.23. The molecule has 0 fully saturated rings. The van der Waals surface area contributed by atoms with Crippen molar-refractivity contribution in [2.24, 2.45) is 5.84 Å². The highest BCUT2D eigenvalue weighted by Gasteiger charge is 2.20. The number of anilines is 2. The minimum absolute atomic E-state index is 0.379. The lowest BCUT2D eigenvalue weighted by molar-refractivity contribution is 0.767. The van der Waals surface area contributed by atoms with Gasteiger partial charge in [-0.3, -0.25) is 4.98 Å². The standard InChI is InChI=1S/C13H15N5/c14-18-13-8-15-7-12(17-13)16-11-5-9-3-1-2-4-10(9)6-11/h1-4,7-8,11H,5-6,14H2,(H2,16,17,18). The van der Waals surface area contributed by atoms with Crippen LogP contribution in [0.25, 0.3) is 0 Å². The summed E-state index contributed by atoms with van der Waals surface area (Å²) in [5.74, 6) is 6.63. The zero-order valence-corrected chi connectivity index (χ0v) is 9.93. The molecule has 0 atom stereocenters. The topological polar surface area (TPSA) is 75.9 Å². The quantitative estimate of drug-likeness (QED) is 0.558. The van der Waals surface area contributed by atoms with Gasteiger partial charge in [0.1, 0.15) is 5.82 Å². The molecule has 4 N–H and O–H groups in total. The Bertz CT molecular complexity index is 530. The van der Waals surface area contributed by atoms with Crippen molar-refractivity contribution in [3.05, 3.63) is 47.8 Å². The fourth-order valence-corrected chi connectivity index (χ4v) is 2.38. The van der Waals surface area contributed by atoms with Gasteiger partial charge in [0, 0.05) is 6.04 Å². The van der Waals surface area contributed by atoms with Crippen molar-refractivity contribution in [3.8, 4) is 0 Å². The summed E-state index contributed by atoms with van der Waals surface area (Å²) in [6, 6.07) is 8.91. The predicted octanol–water partition coefficient (Wildman–Crippen LogP) is 1.34. The number of benzene rings is 1. The van der Waals surface area contributed by atoms with E-state index in [-0.39, 0.29) is 0 Å². The summed E-state index contributed by atoms with van der Waals surface area (Å²) >= 11 is 0. The second-order valence-electron chi connectivity index (χ2n) is 4.45. The molecule has 0 bridgehead atoms. The second-order valence-corrected chi connectivity index (χ2v) is 4.45. The highest BCUT2D eigenvalue weighted by molar-refractivity contribution is 5.44. The molecule has 0 radical (unpaired) electrons. The predicted molar refractivity (Wildman–Crippen MR) is 71.1 cm³/mol. The number of nitrogens with two attached hydrogens (primary N) is 1. The third-order valence-electron chi connectivity index (χ3n) is 3.19. The molecule has 5 heteroatoms. The zero-order chi connectivity index (χ0) is 12.4. The van der Waals surface area contributed by atoms with E-state index in [9.17, 15) is 0 Å². The first-order valence-corrected chi connectivity index (χ1v) is 5.97. The molecule has 0 saturated carbocycles. The van der Waals surface area contributed by atoms with E-state index in [2.05, 4.69) is 45.0 Å². The summed E-state index contributed by atoms with van der Waals surface area (Å²) < 4.78 is 0. The molecular weight excluding hydrogens is 226 g/mol. The molecule has 0 aliphatic heterocycles. The van der Waals surface area contributed by atoms with Crippen LogP contribution in [-0.2, 0) is 12.8 Å². The lowest BCUT2D eigenvalue weighted by atomic mass is 10.1. The number of hydrogen-bond donors (Lipinski definition) is 3. The number of nitrogens with zero attached hydrogens (tertiary/aromatic N) is 2. The molecule has 0 saturated heterocycles. The molecule has 1 aromatic carbocycles. The molecule has 2 aromatic rings. The van der Waals surface area contributed by atoms with Gasteiger partial charge in [0.2, 0.25) is 0 Å². The summed E-state index contributed by atoms with van der Waals surface area (Å²) in [7, 11) is 0. The van der Waals surface area contributed by atoms with Crippen molar-refractivity contribution in [1.29, 1.82) is 0 Å². The molecule has 92 valence electrons. The molecule has 0 unspecified atom stereocenters.